The predicted molar refractivity (Wildman–Crippen MR) is 101 cm³/mol. The van der Waals surface area contributed by atoms with E-state index < -0.39 is 5.91 Å². The molecule has 25 heavy (non-hydrogen) atoms. The number of carbonyl (C=O) groups excluding carboxylic acids is 1. The van der Waals surface area contributed by atoms with Crippen molar-refractivity contribution in [3.63, 3.8) is 0 Å². The molecule has 0 fully saturated rings. The molecule has 5 nitrogen and oxygen atoms in total. The molecule has 2 aromatic heterocycles. The molecular weight excluding hydrogens is 354 g/mol. The first kappa shape index (κ1) is 16.7. The van der Waals surface area contributed by atoms with E-state index in [1.165, 1.54) is 25.7 Å². The first-order valence-corrected chi connectivity index (χ1v) is 9.72. The zero-order valence-electron chi connectivity index (χ0n) is 14.1. The summed E-state index contributed by atoms with van der Waals surface area (Å²) >= 11 is 3.60. The highest BCUT2D eigenvalue weighted by Crippen LogP contribution is 2.43. The minimum Gasteiger partial charge on any atom is -0.340 e. The fourth-order valence-electron chi connectivity index (χ4n) is 3.24. The maximum Gasteiger partial charge on any atom is 0.274 e. The summed E-state index contributed by atoms with van der Waals surface area (Å²) in [5.74, 6) is -0.490. The number of fused-ring (bicyclic) bond motifs is 3. The summed E-state index contributed by atoms with van der Waals surface area (Å²) in [4.78, 5) is 17.6. The SMILES string of the molecule is Cc1cc2c(s1)c(Sc1ccc(C(=O)NO)cc1)c1n2CCN(C)C1. The number of nitrogens with zero attached hydrogens (tertiary/aromatic N) is 2. The minimum atomic E-state index is -0.490. The van der Waals surface area contributed by atoms with Crippen molar-refractivity contribution in [2.75, 3.05) is 13.6 Å². The van der Waals surface area contributed by atoms with Gasteiger partial charge in [-0.2, -0.15) is 0 Å². The van der Waals surface area contributed by atoms with Crippen molar-refractivity contribution < 1.29 is 10.0 Å². The maximum absolute atomic E-state index is 11.5. The van der Waals surface area contributed by atoms with E-state index in [-0.39, 0.29) is 0 Å². The quantitative estimate of drug-likeness (QED) is 0.543. The van der Waals surface area contributed by atoms with Crippen molar-refractivity contribution in [3.05, 3.63) is 46.5 Å². The van der Waals surface area contributed by atoms with Crippen LogP contribution >= 0.6 is 23.1 Å². The lowest BCUT2D eigenvalue weighted by Crippen LogP contribution is -2.30. The molecule has 0 atom stereocenters. The number of aromatic nitrogens is 1. The fourth-order valence-corrected chi connectivity index (χ4v) is 5.47. The number of nitrogens with one attached hydrogen (secondary N) is 1. The van der Waals surface area contributed by atoms with Crippen LogP contribution in [-0.2, 0) is 13.1 Å². The lowest BCUT2D eigenvalue weighted by molar-refractivity contribution is 0.0706. The lowest BCUT2D eigenvalue weighted by Gasteiger charge is -2.26. The maximum atomic E-state index is 11.5. The van der Waals surface area contributed by atoms with Gasteiger partial charge in [0.15, 0.2) is 0 Å². The number of hydrogen-bond donors (Lipinski definition) is 2. The minimum absolute atomic E-state index is 0.447. The third-order valence-corrected chi connectivity index (χ3v) is 6.82. The Morgan fingerprint density at radius 3 is 2.76 bits per heavy atom. The molecule has 1 aliphatic heterocycles. The monoisotopic (exact) mass is 373 g/mol. The molecule has 0 bridgehead atoms. The first-order chi connectivity index (χ1) is 12.1. The first-order valence-electron chi connectivity index (χ1n) is 8.09. The smallest absolute Gasteiger partial charge is 0.274 e. The number of benzene rings is 1. The predicted octanol–water partition coefficient (Wildman–Crippen LogP) is 3.73. The van der Waals surface area contributed by atoms with Crippen LogP contribution in [0, 0.1) is 6.92 Å². The van der Waals surface area contributed by atoms with Gasteiger partial charge in [0.05, 0.1) is 15.1 Å². The Bertz CT molecular complexity index is 944. The molecule has 1 amide bonds. The van der Waals surface area contributed by atoms with E-state index >= 15 is 0 Å². The molecule has 3 aromatic rings. The van der Waals surface area contributed by atoms with Gasteiger partial charge in [0.2, 0.25) is 0 Å². The van der Waals surface area contributed by atoms with Gasteiger partial charge in [-0.15, -0.1) is 11.3 Å². The van der Waals surface area contributed by atoms with Gasteiger partial charge in [0, 0.05) is 40.7 Å². The average molecular weight is 374 g/mol. The number of amides is 1. The van der Waals surface area contributed by atoms with Crippen molar-refractivity contribution in [3.8, 4) is 0 Å². The summed E-state index contributed by atoms with van der Waals surface area (Å²) in [7, 11) is 2.16. The van der Waals surface area contributed by atoms with E-state index in [2.05, 4.69) is 29.5 Å². The molecular formula is C18H19N3O2S2. The topological polar surface area (TPSA) is 57.5 Å². The van der Waals surface area contributed by atoms with Gasteiger partial charge in [-0.25, -0.2) is 5.48 Å². The summed E-state index contributed by atoms with van der Waals surface area (Å²) in [5.41, 5.74) is 4.82. The zero-order valence-corrected chi connectivity index (χ0v) is 15.7. The van der Waals surface area contributed by atoms with Crippen LogP contribution in [0.15, 0.2) is 40.1 Å². The normalized spacial score (nSPS) is 14.7. The van der Waals surface area contributed by atoms with Gasteiger partial charge in [0.25, 0.3) is 5.91 Å². The van der Waals surface area contributed by atoms with Crippen molar-refractivity contribution in [1.29, 1.82) is 0 Å². The van der Waals surface area contributed by atoms with Crippen molar-refractivity contribution in [2.45, 2.75) is 29.8 Å². The number of carbonyl (C=O) groups is 1. The van der Waals surface area contributed by atoms with Crippen LogP contribution in [-0.4, -0.2) is 34.2 Å². The summed E-state index contributed by atoms with van der Waals surface area (Å²) in [6.45, 7) is 5.20. The van der Waals surface area contributed by atoms with Gasteiger partial charge in [0.1, 0.15) is 0 Å². The molecule has 0 saturated heterocycles. The molecule has 4 rings (SSSR count). The van der Waals surface area contributed by atoms with Gasteiger partial charge in [-0.3, -0.25) is 14.9 Å². The fraction of sp³-hybridized carbons (Fsp3) is 0.278. The highest BCUT2D eigenvalue weighted by molar-refractivity contribution is 7.99. The Hall–Kier alpha value is -1.80. The van der Waals surface area contributed by atoms with Crippen LogP contribution in [0.5, 0.6) is 0 Å². The van der Waals surface area contributed by atoms with Crippen LogP contribution in [0.4, 0.5) is 0 Å². The molecule has 7 heteroatoms. The van der Waals surface area contributed by atoms with E-state index in [1.807, 2.05) is 23.5 Å². The Balaban J connectivity index is 1.73. The van der Waals surface area contributed by atoms with Crippen molar-refractivity contribution in [1.82, 2.24) is 14.9 Å². The molecule has 2 N–H and O–H groups in total. The number of rotatable bonds is 3. The van der Waals surface area contributed by atoms with Crippen LogP contribution in [0.25, 0.3) is 10.2 Å². The summed E-state index contributed by atoms with van der Waals surface area (Å²) in [6.07, 6.45) is 0. The second kappa shape index (κ2) is 6.49. The van der Waals surface area contributed by atoms with Gasteiger partial charge < -0.3 is 4.57 Å². The average Bonchev–Trinajstić information content (AvgIpc) is 3.11. The Kier molecular flexibility index (Phi) is 4.33. The van der Waals surface area contributed by atoms with Crippen molar-refractivity contribution >= 4 is 39.2 Å². The molecule has 3 heterocycles. The number of aryl methyl sites for hydroxylation is 1. The Morgan fingerprint density at radius 2 is 2.04 bits per heavy atom. The lowest BCUT2D eigenvalue weighted by atomic mass is 10.2. The Morgan fingerprint density at radius 1 is 1.28 bits per heavy atom. The second-order valence-corrected chi connectivity index (χ2v) is 8.64. The largest absolute Gasteiger partial charge is 0.340 e. The summed E-state index contributed by atoms with van der Waals surface area (Å²) in [5, 5.41) is 8.73. The number of hydroxylamine groups is 1. The molecule has 130 valence electrons. The third kappa shape index (κ3) is 2.97. The highest BCUT2D eigenvalue weighted by atomic mass is 32.2. The molecule has 0 aliphatic carbocycles. The number of hydrogen-bond acceptors (Lipinski definition) is 5. The molecule has 0 spiro atoms. The second-order valence-electron chi connectivity index (χ2n) is 6.30. The van der Waals surface area contributed by atoms with Crippen LogP contribution < -0.4 is 5.48 Å². The van der Waals surface area contributed by atoms with E-state index in [1.54, 1.807) is 29.4 Å². The van der Waals surface area contributed by atoms with Crippen LogP contribution in [0.1, 0.15) is 20.9 Å². The van der Waals surface area contributed by atoms with Gasteiger partial charge >= 0.3 is 0 Å². The van der Waals surface area contributed by atoms with E-state index in [0.29, 0.717) is 5.56 Å². The van der Waals surface area contributed by atoms with Crippen LogP contribution in [0.3, 0.4) is 0 Å². The molecule has 0 unspecified atom stereocenters. The number of thiophene rings is 1. The van der Waals surface area contributed by atoms with Crippen LogP contribution in [0.2, 0.25) is 0 Å². The molecule has 1 aliphatic rings. The van der Waals surface area contributed by atoms with Crippen molar-refractivity contribution in [2.24, 2.45) is 0 Å². The standard InChI is InChI=1S/C18H19N3O2S2/c1-11-9-14-16(24-11)17(15-10-20(2)7-8-21(14)15)25-13-5-3-12(4-6-13)18(22)19-23/h3-6,9,23H,7-8,10H2,1-2H3,(H,19,22). The summed E-state index contributed by atoms with van der Waals surface area (Å²) in [6, 6.07) is 9.61. The highest BCUT2D eigenvalue weighted by Gasteiger charge is 2.24. The van der Waals surface area contributed by atoms with E-state index in [9.17, 15) is 4.79 Å². The zero-order chi connectivity index (χ0) is 17.6. The van der Waals surface area contributed by atoms with Gasteiger partial charge in [-0.05, 0) is 44.3 Å². The molecule has 0 saturated carbocycles. The molecule has 1 aromatic carbocycles. The van der Waals surface area contributed by atoms with Gasteiger partial charge in [-0.1, -0.05) is 11.8 Å². The molecule has 0 radical (unpaired) electrons. The van der Waals surface area contributed by atoms with E-state index in [4.69, 9.17) is 5.21 Å². The van der Waals surface area contributed by atoms with E-state index in [0.717, 1.165) is 24.5 Å². The third-order valence-electron chi connectivity index (χ3n) is 4.48. The Labute approximate surface area is 154 Å². The number of likely N-dealkylation sites (N-methyl/N-ethyl adjacent to an activating group) is 1. The summed E-state index contributed by atoms with van der Waals surface area (Å²) < 4.78 is 3.80.